The van der Waals surface area contributed by atoms with Crippen molar-refractivity contribution in [2.45, 2.75) is 299 Å². The van der Waals surface area contributed by atoms with Crippen LogP contribution in [0.1, 0.15) is 184 Å². The molecule has 0 radical (unpaired) electrons. The van der Waals surface area contributed by atoms with Crippen LogP contribution in [0.5, 0.6) is 0 Å². The topological polar surface area (TPSA) is 491 Å². The van der Waals surface area contributed by atoms with Gasteiger partial charge in [-0.2, -0.15) is 0 Å². The zero-order chi connectivity index (χ0) is 112. The molecule has 0 fully saturated rings. The first kappa shape index (κ1) is 125. The van der Waals surface area contributed by atoms with E-state index in [9.17, 15) is 76.7 Å². The van der Waals surface area contributed by atoms with Crippen molar-refractivity contribution in [2.24, 2.45) is 0 Å². The average molecular weight is 2120 g/mol. The zero-order valence-electron chi connectivity index (χ0n) is 88.6. The average Bonchev–Trinajstić information content (AvgIpc) is 0.749. The van der Waals surface area contributed by atoms with Crippen LogP contribution in [0.2, 0.25) is 15.1 Å². The highest BCUT2D eigenvalue weighted by Crippen LogP contribution is 2.41. The number of aliphatic carboxylic acids is 2. The molecule has 36 nitrogen and oxygen atoms in total. The molecule has 149 heavy (non-hydrogen) atoms. The molecule has 0 aromatic heterocycles. The Kier molecular flexibility index (Phi) is 49.2. The van der Waals surface area contributed by atoms with E-state index in [-0.39, 0.29) is 18.3 Å². The fourth-order valence-electron chi connectivity index (χ4n) is 14.5. The summed E-state index contributed by atoms with van der Waals surface area (Å²) in [4.78, 5) is 196. The number of rotatable bonds is 44. The van der Waals surface area contributed by atoms with E-state index in [4.69, 9.17) is 90.2 Å². The van der Waals surface area contributed by atoms with Crippen molar-refractivity contribution in [1.82, 2.24) is 0 Å². The van der Waals surface area contributed by atoms with Gasteiger partial charge in [-0.05, 0) is 168 Å². The summed E-state index contributed by atoms with van der Waals surface area (Å²) in [6, 6.07) is 76.7. The molecule has 3 N–H and O–H groups in total. The van der Waals surface area contributed by atoms with Crippen LogP contribution in [-0.4, -0.2) is 233 Å². The Morgan fingerprint density at radius 2 is 0.336 bits per heavy atom. The molecule has 8 aromatic rings. The minimum Gasteiger partial charge on any atom is -0.479 e. The van der Waals surface area contributed by atoms with Crippen molar-refractivity contribution in [3.63, 3.8) is 0 Å². The van der Waals surface area contributed by atoms with Crippen LogP contribution >= 0.6 is 0 Å². The number of carboxylic acid groups (broad SMARTS) is 2. The van der Waals surface area contributed by atoms with Crippen LogP contribution in [0.15, 0.2) is 243 Å². The van der Waals surface area contributed by atoms with Crippen LogP contribution in [0, 0.1) is 0 Å². The van der Waals surface area contributed by atoms with Crippen molar-refractivity contribution in [3.05, 3.63) is 254 Å². The number of ether oxygens (including phenoxy) is 14. The molecule has 0 aliphatic carbocycles. The summed E-state index contributed by atoms with van der Waals surface area (Å²) in [5.41, 5.74) is 1.59. The maximum atomic E-state index is 13.3. The predicted molar refractivity (Wildman–Crippen MR) is 551 cm³/mol. The number of carboxylic acids is 2. The normalized spacial score (nSPS) is 14.7. The highest BCUT2D eigenvalue weighted by Gasteiger charge is 2.56. The lowest BCUT2D eigenvalue weighted by Crippen LogP contribution is -2.68. The Labute approximate surface area is 871 Å². The maximum absolute atomic E-state index is 13.3. The fraction of sp³-hybridized carbons (Fsp3) is 0.418. The third-order valence-electron chi connectivity index (χ3n) is 22.6. The molecule has 0 heterocycles. The van der Waals surface area contributed by atoms with Gasteiger partial charge in [0.15, 0.2) is 73.2 Å². The van der Waals surface area contributed by atoms with Gasteiger partial charge in [0.2, 0.25) is 0 Å². The number of carbonyl (C=O) groups is 16. The highest BCUT2D eigenvalue weighted by atomic mass is 28.4. The van der Waals surface area contributed by atoms with E-state index in [1.165, 1.54) is 69.2 Å². The Bertz CT molecular complexity index is 5590. The molecule has 8 rings (SSSR count). The molecule has 0 unspecified atom stereocenters. The zero-order valence-corrected chi connectivity index (χ0v) is 91.6. The second-order valence-electron chi connectivity index (χ2n) is 37.8. The summed E-state index contributed by atoms with van der Waals surface area (Å²) in [5, 5.41) is 31.5. The van der Waals surface area contributed by atoms with Gasteiger partial charge in [0.25, 0.3) is 25.0 Å². The standard InChI is InChI=1S/C41H50O13Si.C34H44O13Si.C22H28O5Si.C13H16O5/c1-26(35(42)48-25-32-19-13-10-14-20-32)49-36(43)27(2)50-37(44)28(3)51-38(45)29(4)52-39(46)30(5)53-40(47)31(6)54-55(41(7,8)9,33-21-15-11-16-22-33)34-23-17-12-18-24-34;1-20(28(35)36)42-29(37)21(2)43-30(38)22(3)44-31(39)23(4)45-32(40)24(5)46-33(41)25(6)47-48(34(7,8)9,26-16-12-10-13-17-26)27-18-14-11-15-19-27;1-16(20(23)24)26-21(25)17(2)27-28(22(3,4)5,18-12-8-6-9-13-18)19-14-10-7-11-15-19;1-9(14)12(15)18-10(2)13(16)17-8-11-6-4-3-5-7-11/h10-24,26-31H,25H2,1-9H3;10-25H,1-9H3,(H,35,36);6-17H,1-5H3,(H,23,24);3-7,9-10,14H,8H2,1-2H3/t26-,27-,28-,29-,30-,31+;20-,21-,22-,23-,24-,25+;16-,17+;9-,10+/m1110/s1. The minimum absolute atomic E-state index is 0.0230. The van der Waals surface area contributed by atoms with Gasteiger partial charge in [-0.15, -0.1) is 0 Å². The maximum Gasteiger partial charge on any atom is 0.347 e. The SMILES string of the molecule is C[C@H](O)C(=O)O[C@H](C)C(=O)OCc1ccccc1.C[C@H](O[Si](c1ccccc1)(c1ccccc1)C(C)(C)C)C(=O)O[C@H](C)C(=O)O.C[C@H](O[Si](c1ccccc1)(c1ccccc1)C(C)(C)C)C(=O)O[C@H](C)C(=O)O[C@H](C)C(=O)O[C@H](C)C(=O)O[C@H](C)C(=O)O[C@H](C)C(=O)O.C[C@H](O[Si](c1ccccc1)(c1ccccc1)C(C)(C)C)C(=O)O[C@H](C)C(=O)O[C@H](C)C(=O)O[C@H](C)C(=O)O[C@H](C)C(=O)O[C@H](C)C(=O)OCc1ccccc1. The van der Waals surface area contributed by atoms with Crippen molar-refractivity contribution < 1.29 is 172 Å². The highest BCUT2D eigenvalue weighted by molar-refractivity contribution is 7.01. The number of carbonyl (C=O) groups excluding carboxylic acids is 14. The lowest BCUT2D eigenvalue weighted by molar-refractivity contribution is -0.187. The summed E-state index contributed by atoms with van der Waals surface area (Å²) in [6.45, 7) is 39.6. The van der Waals surface area contributed by atoms with Crippen LogP contribution < -0.4 is 31.1 Å². The second-order valence-corrected chi connectivity index (χ2v) is 50.5. The van der Waals surface area contributed by atoms with Gasteiger partial charge >= 0.3 is 95.5 Å². The first-order chi connectivity index (χ1) is 69.8. The number of hydrogen-bond donors (Lipinski definition) is 3. The molecule has 0 amide bonds. The lowest BCUT2D eigenvalue weighted by Gasteiger charge is -2.44. The summed E-state index contributed by atoms with van der Waals surface area (Å²) in [7, 11) is -9.14. The fourth-order valence-corrected chi connectivity index (χ4v) is 28.5. The molecule has 806 valence electrons. The number of hydrogen-bond acceptors (Lipinski definition) is 34. The van der Waals surface area contributed by atoms with Crippen molar-refractivity contribution in [2.75, 3.05) is 0 Å². The van der Waals surface area contributed by atoms with Gasteiger partial charge in [-0.3, -0.25) is 0 Å². The largest absolute Gasteiger partial charge is 0.479 e. The van der Waals surface area contributed by atoms with E-state index in [1.54, 1.807) is 45.0 Å². The van der Waals surface area contributed by atoms with Crippen LogP contribution in [-0.2, 0) is 170 Å². The number of aliphatic hydroxyl groups excluding tert-OH is 1. The Morgan fingerprint density at radius 1 is 0.201 bits per heavy atom. The monoisotopic (exact) mass is 2120 g/mol. The number of esters is 14. The van der Waals surface area contributed by atoms with Gasteiger partial charge in [0, 0.05) is 0 Å². The van der Waals surface area contributed by atoms with Crippen molar-refractivity contribution >= 4 is 152 Å². The smallest absolute Gasteiger partial charge is 0.347 e. The van der Waals surface area contributed by atoms with Gasteiger partial charge < -0.3 is 94.9 Å². The molecule has 0 aliphatic rings. The molecule has 8 aromatic carbocycles. The van der Waals surface area contributed by atoms with Gasteiger partial charge in [0.05, 0.1) is 0 Å². The molecule has 0 saturated carbocycles. The first-order valence-electron chi connectivity index (χ1n) is 48.2. The van der Waals surface area contributed by atoms with E-state index >= 15 is 0 Å². The van der Waals surface area contributed by atoms with Gasteiger partial charge in [-0.1, -0.05) is 305 Å². The number of benzene rings is 8. The molecule has 39 heteroatoms. The molecule has 0 spiro atoms. The van der Waals surface area contributed by atoms with Gasteiger partial charge in [0.1, 0.15) is 37.6 Å². The summed E-state index contributed by atoms with van der Waals surface area (Å²) in [6.07, 6.45) is -21.3. The van der Waals surface area contributed by atoms with Crippen LogP contribution in [0.3, 0.4) is 0 Å². The van der Waals surface area contributed by atoms with E-state index in [1.807, 2.05) is 218 Å². The minimum atomic E-state index is -3.12. The summed E-state index contributed by atoms with van der Waals surface area (Å²) < 4.78 is 90.7. The first-order valence-corrected chi connectivity index (χ1v) is 53.9. The quantitative estimate of drug-likeness (QED) is 0.0181. The van der Waals surface area contributed by atoms with Crippen molar-refractivity contribution in [3.8, 4) is 0 Å². The molecule has 0 saturated heterocycles. The van der Waals surface area contributed by atoms with Crippen LogP contribution in [0.4, 0.5) is 0 Å². The lowest BCUT2D eigenvalue weighted by atomic mass is 10.2. The van der Waals surface area contributed by atoms with E-state index in [0.29, 0.717) is 0 Å². The van der Waals surface area contributed by atoms with Gasteiger partial charge in [-0.25, -0.2) is 76.7 Å². The molecule has 16 atom stereocenters. The summed E-state index contributed by atoms with van der Waals surface area (Å²) >= 11 is 0. The third kappa shape index (κ3) is 37.2. The number of aliphatic hydroxyl groups is 1. The molecular formula is C110H138O36Si3. The predicted octanol–water partition coefficient (Wildman–Crippen LogP) is 11.1. The second kappa shape index (κ2) is 58.5. The van der Waals surface area contributed by atoms with E-state index in [0.717, 1.165) is 63.0 Å². The summed E-state index contributed by atoms with van der Waals surface area (Å²) in [5.74, 6) is -15.9. The molecular weight excluding hydrogens is 1980 g/mol. The Hall–Kier alpha value is -14.2. The molecule has 0 aliphatic heterocycles. The van der Waals surface area contributed by atoms with E-state index in [2.05, 4.69) is 67.1 Å². The molecule has 0 bridgehead atoms. The Morgan fingerprint density at radius 3 is 0.483 bits per heavy atom. The third-order valence-corrected chi connectivity index (χ3v) is 38.0. The van der Waals surface area contributed by atoms with Crippen LogP contribution in [0.25, 0.3) is 0 Å². The van der Waals surface area contributed by atoms with Crippen molar-refractivity contribution in [1.29, 1.82) is 0 Å². The van der Waals surface area contributed by atoms with E-state index < -0.39 is 228 Å². The Balaban J connectivity index is 0.000000374.